The molecule has 0 atom stereocenters. The Labute approximate surface area is 114 Å². The lowest BCUT2D eigenvalue weighted by molar-refractivity contribution is 0.884. The molecule has 0 unspecified atom stereocenters. The number of hydrogen-bond donors (Lipinski definition) is 2. The maximum Gasteiger partial charge on any atom is 0.0617 e. The van der Waals surface area contributed by atoms with E-state index in [9.17, 15) is 0 Å². The van der Waals surface area contributed by atoms with E-state index in [0.29, 0.717) is 0 Å². The molecule has 100 valence electrons. The van der Waals surface area contributed by atoms with E-state index in [1.54, 1.807) is 6.20 Å². The predicted octanol–water partition coefficient (Wildman–Crippen LogP) is 2.57. The van der Waals surface area contributed by atoms with Gasteiger partial charge in [0, 0.05) is 18.9 Å². The second-order valence-electron chi connectivity index (χ2n) is 4.56. The Morgan fingerprint density at radius 3 is 2.58 bits per heavy atom. The molecule has 0 bridgehead atoms. The first-order valence-corrected chi connectivity index (χ1v) is 6.44. The fourth-order valence-corrected chi connectivity index (χ4v) is 1.97. The maximum atomic E-state index is 5.40. The van der Waals surface area contributed by atoms with Crippen LogP contribution in [0, 0.1) is 0 Å². The minimum Gasteiger partial charge on any atom is -0.369 e. The molecule has 0 amide bonds. The lowest BCUT2D eigenvalue weighted by atomic mass is 10.1. The normalized spacial score (nSPS) is 10.3. The Hall–Kier alpha value is -2.07. The predicted molar refractivity (Wildman–Crippen MR) is 80.0 cm³/mol. The second-order valence-corrected chi connectivity index (χ2v) is 4.56. The highest BCUT2D eigenvalue weighted by atomic mass is 15.2. The number of nitrogens with zero attached hydrogens (tertiary/aromatic N) is 2. The molecule has 19 heavy (non-hydrogen) atoms. The highest BCUT2D eigenvalue weighted by molar-refractivity contribution is 5.48. The van der Waals surface area contributed by atoms with Gasteiger partial charge in [-0.15, -0.1) is 0 Å². The SMILES string of the molecule is CCc1ccc(N(C)Cc2cc(NN)ccn2)cc1. The zero-order chi connectivity index (χ0) is 13.7. The molecule has 0 saturated heterocycles. The Morgan fingerprint density at radius 1 is 1.21 bits per heavy atom. The molecular formula is C15H20N4. The first kappa shape index (κ1) is 13.4. The van der Waals surface area contributed by atoms with Gasteiger partial charge in [-0.05, 0) is 36.2 Å². The van der Waals surface area contributed by atoms with Gasteiger partial charge in [0.2, 0.25) is 0 Å². The number of pyridine rings is 1. The summed E-state index contributed by atoms with van der Waals surface area (Å²) < 4.78 is 0. The molecule has 2 rings (SSSR count). The van der Waals surface area contributed by atoms with Gasteiger partial charge in [0.05, 0.1) is 17.9 Å². The van der Waals surface area contributed by atoms with Crippen molar-refractivity contribution in [1.29, 1.82) is 0 Å². The van der Waals surface area contributed by atoms with Crippen LogP contribution < -0.4 is 16.2 Å². The van der Waals surface area contributed by atoms with E-state index in [-0.39, 0.29) is 0 Å². The van der Waals surface area contributed by atoms with E-state index in [4.69, 9.17) is 5.84 Å². The number of nitrogens with one attached hydrogen (secondary N) is 1. The number of nitrogens with two attached hydrogens (primary N) is 1. The van der Waals surface area contributed by atoms with Gasteiger partial charge in [-0.25, -0.2) is 0 Å². The molecule has 4 nitrogen and oxygen atoms in total. The Balaban J connectivity index is 2.08. The molecule has 2 aromatic rings. The lowest BCUT2D eigenvalue weighted by Gasteiger charge is -2.19. The van der Waals surface area contributed by atoms with Crippen LogP contribution in [0.2, 0.25) is 0 Å². The molecular weight excluding hydrogens is 236 g/mol. The molecule has 0 radical (unpaired) electrons. The van der Waals surface area contributed by atoms with Crippen LogP contribution in [-0.4, -0.2) is 12.0 Å². The number of nitrogen functional groups attached to an aromatic ring is 1. The van der Waals surface area contributed by atoms with E-state index in [1.165, 1.54) is 11.3 Å². The summed E-state index contributed by atoms with van der Waals surface area (Å²) in [4.78, 5) is 6.52. The minimum atomic E-state index is 0.751. The average molecular weight is 256 g/mol. The number of hydrazine groups is 1. The van der Waals surface area contributed by atoms with E-state index in [2.05, 4.69) is 53.5 Å². The molecule has 0 aliphatic heterocycles. The summed E-state index contributed by atoms with van der Waals surface area (Å²) in [5, 5.41) is 0. The monoisotopic (exact) mass is 256 g/mol. The van der Waals surface area contributed by atoms with Crippen molar-refractivity contribution >= 4 is 11.4 Å². The standard InChI is InChI=1S/C15H20N4/c1-3-12-4-6-15(7-5-12)19(2)11-14-10-13(18-16)8-9-17-14/h4-10H,3,11,16H2,1-2H3,(H,17,18). The summed E-state index contributed by atoms with van der Waals surface area (Å²) in [6.45, 7) is 2.91. The molecule has 0 saturated carbocycles. The van der Waals surface area contributed by atoms with E-state index < -0.39 is 0 Å². The van der Waals surface area contributed by atoms with Crippen LogP contribution in [-0.2, 0) is 13.0 Å². The number of anilines is 2. The van der Waals surface area contributed by atoms with Crippen molar-refractivity contribution in [2.45, 2.75) is 19.9 Å². The van der Waals surface area contributed by atoms with E-state index in [0.717, 1.165) is 24.3 Å². The largest absolute Gasteiger partial charge is 0.369 e. The zero-order valence-electron chi connectivity index (χ0n) is 11.4. The summed E-state index contributed by atoms with van der Waals surface area (Å²) in [6.07, 6.45) is 2.83. The fourth-order valence-electron chi connectivity index (χ4n) is 1.97. The van der Waals surface area contributed by atoms with Crippen LogP contribution in [0.25, 0.3) is 0 Å². The average Bonchev–Trinajstić information content (AvgIpc) is 2.47. The van der Waals surface area contributed by atoms with Gasteiger partial charge in [0.1, 0.15) is 0 Å². The number of aromatic nitrogens is 1. The van der Waals surface area contributed by atoms with Gasteiger partial charge in [0.25, 0.3) is 0 Å². The summed E-state index contributed by atoms with van der Waals surface area (Å²) in [5.41, 5.74) is 7.03. The Morgan fingerprint density at radius 2 is 1.95 bits per heavy atom. The molecule has 0 fully saturated rings. The minimum absolute atomic E-state index is 0.751. The third-order valence-corrected chi connectivity index (χ3v) is 3.17. The van der Waals surface area contributed by atoms with Crippen molar-refractivity contribution in [3.63, 3.8) is 0 Å². The van der Waals surface area contributed by atoms with Crippen molar-refractivity contribution in [2.75, 3.05) is 17.4 Å². The summed E-state index contributed by atoms with van der Waals surface area (Å²) in [6, 6.07) is 12.4. The topological polar surface area (TPSA) is 54.2 Å². The number of rotatable bonds is 5. The second kappa shape index (κ2) is 6.20. The lowest BCUT2D eigenvalue weighted by Crippen LogP contribution is -2.17. The molecule has 1 aromatic carbocycles. The summed E-state index contributed by atoms with van der Waals surface area (Å²) in [7, 11) is 2.06. The highest BCUT2D eigenvalue weighted by Crippen LogP contribution is 2.17. The Kier molecular flexibility index (Phi) is 4.36. The van der Waals surface area contributed by atoms with Gasteiger partial charge in [-0.1, -0.05) is 19.1 Å². The molecule has 4 heteroatoms. The molecule has 0 aliphatic rings. The van der Waals surface area contributed by atoms with Crippen molar-refractivity contribution in [3.05, 3.63) is 53.9 Å². The number of aryl methyl sites for hydroxylation is 1. The number of benzene rings is 1. The van der Waals surface area contributed by atoms with Crippen molar-refractivity contribution < 1.29 is 0 Å². The number of hydrogen-bond acceptors (Lipinski definition) is 4. The molecule has 3 N–H and O–H groups in total. The molecule has 1 heterocycles. The van der Waals surface area contributed by atoms with Crippen LogP contribution in [0.4, 0.5) is 11.4 Å². The maximum absolute atomic E-state index is 5.40. The molecule has 1 aromatic heterocycles. The van der Waals surface area contributed by atoms with E-state index >= 15 is 0 Å². The smallest absolute Gasteiger partial charge is 0.0617 e. The van der Waals surface area contributed by atoms with Crippen LogP contribution >= 0.6 is 0 Å². The first-order valence-electron chi connectivity index (χ1n) is 6.44. The van der Waals surface area contributed by atoms with Gasteiger partial charge < -0.3 is 10.3 Å². The summed E-state index contributed by atoms with van der Waals surface area (Å²) in [5.74, 6) is 5.40. The third-order valence-electron chi connectivity index (χ3n) is 3.17. The van der Waals surface area contributed by atoms with Crippen LogP contribution in [0.3, 0.4) is 0 Å². The van der Waals surface area contributed by atoms with Crippen molar-refractivity contribution in [3.8, 4) is 0 Å². The van der Waals surface area contributed by atoms with E-state index in [1.807, 2.05) is 12.1 Å². The Bertz CT molecular complexity index is 522. The van der Waals surface area contributed by atoms with Crippen LogP contribution in [0.1, 0.15) is 18.2 Å². The quantitative estimate of drug-likeness (QED) is 0.637. The van der Waals surface area contributed by atoms with Gasteiger partial charge in [-0.3, -0.25) is 10.8 Å². The fraction of sp³-hybridized carbons (Fsp3) is 0.267. The third kappa shape index (κ3) is 3.45. The van der Waals surface area contributed by atoms with Crippen LogP contribution in [0.15, 0.2) is 42.6 Å². The highest BCUT2D eigenvalue weighted by Gasteiger charge is 2.04. The van der Waals surface area contributed by atoms with Gasteiger partial charge in [-0.2, -0.15) is 0 Å². The van der Waals surface area contributed by atoms with Crippen molar-refractivity contribution in [2.24, 2.45) is 5.84 Å². The first-order chi connectivity index (χ1) is 9.22. The molecule has 0 spiro atoms. The summed E-state index contributed by atoms with van der Waals surface area (Å²) >= 11 is 0. The van der Waals surface area contributed by atoms with Crippen LogP contribution in [0.5, 0.6) is 0 Å². The van der Waals surface area contributed by atoms with Crippen molar-refractivity contribution in [1.82, 2.24) is 4.98 Å². The van der Waals surface area contributed by atoms with Gasteiger partial charge >= 0.3 is 0 Å². The molecule has 0 aliphatic carbocycles. The zero-order valence-corrected chi connectivity index (χ0v) is 11.4. The van der Waals surface area contributed by atoms with Gasteiger partial charge in [0.15, 0.2) is 0 Å².